The third kappa shape index (κ3) is 9.48. The molecule has 1 heterocycles. The van der Waals surface area contributed by atoms with Crippen molar-refractivity contribution in [3.63, 3.8) is 0 Å². The molecule has 0 unspecified atom stereocenters. The van der Waals surface area contributed by atoms with Crippen LogP contribution in [0.3, 0.4) is 0 Å². The number of nitrogens with two attached hydrogens (primary N) is 1. The lowest BCUT2D eigenvalue weighted by Gasteiger charge is -2.13. The summed E-state index contributed by atoms with van der Waals surface area (Å²) in [6.07, 6.45) is 3.48. The Morgan fingerprint density at radius 3 is 1.47 bits per heavy atom. The fourth-order valence-corrected chi connectivity index (χ4v) is 6.17. The lowest BCUT2D eigenvalue weighted by Crippen LogP contribution is -2.30. The predicted molar refractivity (Wildman–Crippen MR) is 164 cm³/mol. The van der Waals surface area contributed by atoms with Gasteiger partial charge in [0, 0.05) is 24.4 Å². The molecule has 10 heteroatoms. The molecule has 1 aliphatic rings. The van der Waals surface area contributed by atoms with Crippen LogP contribution in [0, 0.1) is 0 Å². The van der Waals surface area contributed by atoms with Gasteiger partial charge in [0.05, 0.1) is 24.3 Å². The van der Waals surface area contributed by atoms with Crippen molar-refractivity contribution in [1.29, 1.82) is 0 Å². The highest BCUT2D eigenvalue weighted by atomic mass is 79.9. The fourth-order valence-electron chi connectivity index (χ4n) is 3.66. The number of carbonyl (C=O) groups is 2. The minimum absolute atomic E-state index is 0.201. The van der Waals surface area contributed by atoms with Gasteiger partial charge in [-0.2, -0.15) is 0 Å². The second kappa shape index (κ2) is 15.8. The number of unbranched alkanes of at least 4 members (excludes halogenated alkanes) is 2. The van der Waals surface area contributed by atoms with E-state index in [0.29, 0.717) is 30.7 Å². The van der Waals surface area contributed by atoms with Gasteiger partial charge in [0.2, 0.25) is 0 Å². The van der Waals surface area contributed by atoms with E-state index in [9.17, 15) is 9.59 Å². The third-order valence-corrected chi connectivity index (χ3v) is 7.29. The number of hydrogen-bond donors (Lipinski definition) is 1. The van der Waals surface area contributed by atoms with Gasteiger partial charge < -0.3 is 15.2 Å². The summed E-state index contributed by atoms with van der Waals surface area (Å²) >= 11 is 13.6. The molecule has 6 nitrogen and oxygen atoms in total. The molecule has 0 aromatic heterocycles. The van der Waals surface area contributed by atoms with Crippen LogP contribution in [0.1, 0.15) is 46.4 Å². The summed E-state index contributed by atoms with van der Waals surface area (Å²) in [4.78, 5) is 25.8. The number of nitrogens with zero attached hydrogens (tertiary/aromatic N) is 1. The number of ether oxygens (including phenoxy) is 2. The average molecular weight is 776 g/mol. The molecular formula is C28H28Br4N2O4. The fraction of sp³-hybridized carbons (Fsp3) is 0.286. The van der Waals surface area contributed by atoms with Crippen molar-refractivity contribution in [2.75, 3.05) is 26.3 Å². The number of fused-ring (bicyclic) bond motifs is 1. The summed E-state index contributed by atoms with van der Waals surface area (Å²) in [5.74, 6) is 1.25. The first-order valence-electron chi connectivity index (χ1n) is 12.1. The van der Waals surface area contributed by atoms with Crippen LogP contribution >= 0.6 is 63.7 Å². The van der Waals surface area contributed by atoms with Crippen molar-refractivity contribution in [3.8, 4) is 11.5 Å². The second-order valence-electron chi connectivity index (χ2n) is 8.42. The Morgan fingerprint density at radius 2 is 1.05 bits per heavy atom. The van der Waals surface area contributed by atoms with Crippen LogP contribution in [-0.4, -0.2) is 43.0 Å². The first kappa shape index (κ1) is 30.8. The molecule has 0 fully saturated rings. The zero-order valence-electron chi connectivity index (χ0n) is 20.6. The van der Waals surface area contributed by atoms with E-state index in [0.717, 1.165) is 61.8 Å². The maximum atomic E-state index is 12.2. The van der Waals surface area contributed by atoms with Gasteiger partial charge in [-0.05, 0) is 80.8 Å². The highest BCUT2D eigenvalue weighted by molar-refractivity contribution is 9.11. The van der Waals surface area contributed by atoms with Crippen LogP contribution in [0.4, 0.5) is 0 Å². The summed E-state index contributed by atoms with van der Waals surface area (Å²) in [7, 11) is 0. The quantitative estimate of drug-likeness (QED) is 0.158. The summed E-state index contributed by atoms with van der Waals surface area (Å²) in [6.45, 7) is 2.40. The van der Waals surface area contributed by atoms with E-state index in [4.69, 9.17) is 15.2 Å². The summed E-state index contributed by atoms with van der Waals surface area (Å²) in [5.41, 5.74) is 6.38. The number of amides is 2. The molecule has 2 amide bonds. The highest BCUT2D eigenvalue weighted by Gasteiger charge is 2.34. The number of benzene rings is 3. The van der Waals surface area contributed by atoms with Crippen LogP contribution < -0.4 is 15.2 Å². The molecule has 0 spiro atoms. The molecule has 0 bridgehead atoms. The monoisotopic (exact) mass is 772 g/mol. The van der Waals surface area contributed by atoms with Gasteiger partial charge in [0.25, 0.3) is 11.8 Å². The van der Waals surface area contributed by atoms with Crippen molar-refractivity contribution in [2.45, 2.75) is 25.7 Å². The minimum atomic E-state index is -0.201. The number of imide groups is 1. The van der Waals surface area contributed by atoms with Gasteiger partial charge in [-0.25, -0.2) is 0 Å². The maximum absolute atomic E-state index is 12.2. The second-order valence-corrected chi connectivity index (χ2v) is 12.1. The smallest absolute Gasteiger partial charge is 0.261 e. The van der Waals surface area contributed by atoms with Gasteiger partial charge >= 0.3 is 0 Å². The Hall–Kier alpha value is -1.72. The van der Waals surface area contributed by atoms with E-state index in [1.165, 1.54) is 4.90 Å². The molecule has 3 aromatic rings. The van der Waals surface area contributed by atoms with Crippen molar-refractivity contribution in [2.24, 2.45) is 5.73 Å². The van der Waals surface area contributed by atoms with Crippen LogP contribution in [0.15, 0.2) is 78.6 Å². The lowest BCUT2D eigenvalue weighted by atomic mass is 10.1. The van der Waals surface area contributed by atoms with Crippen LogP contribution in [0.5, 0.6) is 11.5 Å². The standard InChI is InChI=1S/C18H15Br2NO3.C10H13Br2NO/c19-12-9-13(20)11-14(10-12)24-8-4-3-7-21-17(22)15-5-1-2-6-16(15)18(21)23;11-8-5-9(12)7-10(6-8)14-4-2-1-3-13/h1-2,5-6,9-11H,3-4,7-8H2;5-7H,1-4,13H2. The number of hydrogen-bond acceptors (Lipinski definition) is 5. The third-order valence-electron chi connectivity index (χ3n) is 5.46. The van der Waals surface area contributed by atoms with Gasteiger partial charge in [0.15, 0.2) is 0 Å². The average Bonchev–Trinajstić information content (AvgIpc) is 3.11. The van der Waals surface area contributed by atoms with E-state index in [-0.39, 0.29) is 11.8 Å². The highest BCUT2D eigenvalue weighted by Crippen LogP contribution is 2.26. The van der Waals surface area contributed by atoms with Gasteiger partial charge in [-0.3, -0.25) is 14.5 Å². The Labute approximate surface area is 256 Å². The molecule has 0 atom stereocenters. The largest absolute Gasteiger partial charge is 0.494 e. The van der Waals surface area contributed by atoms with Crippen molar-refractivity contribution >= 4 is 75.5 Å². The summed E-state index contributed by atoms with van der Waals surface area (Å²) in [6, 6.07) is 18.6. The predicted octanol–water partition coefficient (Wildman–Crippen LogP) is 8.00. The van der Waals surface area contributed by atoms with Crippen LogP contribution in [-0.2, 0) is 0 Å². The Balaban J connectivity index is 0.000000244. The normalized spacial score (nSPS) is 12.2. The first-order chi connectivity index (χ1) is 18.3. The molecule has 2 N–H and O–H groups in total. The zero-order valence-corrected chi connectivity index (χ0v) is 26.9. The zero-order chi connectivity index (χ0) is 27.5. The van der Waals surface area contributed by atoms with E-state index >= 15 is 0 Å². The van der Waals surface area contributed by atoms with Gasteiger partial charge in [-0.1, -0.05) is 75.9 Å². The molecular weight excluding hydrogens is 748 g/mol. The molecule has 4 rings (SSSR count). The van der Waals surface area contributed by atoms with Crippen molar-refractivity contribution in [1.82, 2.24) is 4.90 Å². The molecule has 3 aromatic carbocycles. The molecule has 0 saturated heterocycles. The molecule has 1 aliphatic heterocycles. The lowest BCUT2D eigenvalue weighted by molar-refractivity contribution is 0.0649. The van der Waals surface area contributed by atoms with E-state index in [1.807, 2.05) is 36.4 Å². The first-order valence-corrected chi connectivity index (χ1v) is 15.3. The Morgan fingerprint density at radius 1 is 0.632 bits per heavy atom. The topological polar surface area (TPSA) is 81.9 Å². The summed E-state index contributed by atoms with van der Waals surface area (Å²) < 4.78 is 15.2. The van der Waals surface area contributed by atoms with Crippen molar-refractivity contribution < 1.29 is 19.1 Å². The Bertz CT molecular complexity index is 1180. The number of rotatable bonds is 11. The molecule has 202 valence electrons. The molecule has 0 aliphatic carbocycles. The SMILES string of the molecule is NCCCCOc1cc(Br)cc(Br)c1.O=C1c2ccccc2C(=O)N1CCCCOc1cc(Br)cc(Br)c1. The Kier molecular flexibility index (Phi) is 12.8. The van der Waals surface area contributed by atoms with Crippen LogP contribution in [0.25, 0.3) is 0 Å². The number of halogens is 4. The van der Waals surface area contributed by atoms with Gasteiger partial charge in [-0.15, -0.1) is 0 Å². The maximum Gasteiger partial charge on any atom is 0.261 e. The van der Waals surface area contributed by atoms with Crippen LogP contribution in [0.2, 0.25) is 0 Å². The van der Waals surface area contributed by atoms with E-state index in [2.05, 4.69) is 63.7 Å². The van der Waals surface area contributed by atoms with E-state index in [1.54, 1.807) is 24.3 Å². The minimum Gasteiger partial charge on any atom is -0.494 e. The van der Waals surface area contributed by atoms with E-state index < -0.39 is 0 Å². The number of carbonyl (C=O) groups excluding carboxylic acids is 2. The molecule has 38 heavy (non-hydrogen) atoms. The molecule has 0 radical (unpaired) electrons. The molecule has 0 saturated carbocycles. The van der Waals surface area contributed by atoms with Gasteiger partial charge in [0.1, 0.15) is 11.5 Å². The summed E-state index contributed by atoms with van der Waals surface area (Å²) in [5, 5.41) is 0. The van der Waals surface area contributed by atoms with Crippen molar-refractivity contribution in [3.05, 3.63) is 89.7 Å².